The van der Waals surface area contributed by atoms with Gasteiger partial charge in [-0.2, -0.15) is 0 Å². The van der Waals surface area contributed by atoms with Gasteiger partial charge in [-0.25, -0.2) is 0 Å². The Labute approximate surface area is 114 Å². The molecule has 19 heavy (non-hydrogen) atoms. The molecule has 2 heterocycles. The summed E-state index contributed by atoms with van der Waals surface area (Å²) in [5.74, 6) is 0.843. The molecule has 2 atom stereocenters. The van der Waals surface area contributed by atoms with Crippen LogP contribution in [-0.2, 0) is 16.0 Å². The van der Waals surface area contributed by atoms with Crippen LogP contribution in [0.3, 0.4) is 0 Å². The first-order chi connectivity index (χ1) is 9.26. The third-order valence-electron chi connectivity index (χ3n) is 3.57. The number of likely N-dealkylation sites (tertiary alicyclic amines) is 1. The standard InChI is InChI=1S/C14H22N2O3/c1-17-10-12-7-14(19-3)9-16(12)8-11-6-13(18-2)4-5-15-11/h4-6,12,14H,7-10H2,1-3H3/t12-,14-/m0/s1. The summed E-state index contributed by atoms with van der Waals surface area (Å²) in [5.41, 5.74) is 1.01. The molecule has 5 nitrogen and oxygen atoms in total. The average Bonchev–Trinajstić information content (AvgIpc) is 2.82. The smallest absolute Gasteiger partial charge is 0.122 e. The second-order valence-electron chi connectivity index (χ2n) is 4.82. The number of nitrogens with zero attached hydrogens (tertiary/aromatic N) is 2. The minimum Gasteiger partial charge on any atom is -0.497 e. The van der Waals surface area contributed by atoms with Crippen molar-refractivity contribution in [3.8, 4) is 5.75 Å². The fourth-order valence-electron chi connectivity index (χ4n) is 2.55. The highest BCUT2D eigenvalue weighted by atomic mass is 16.5. The summed E-state index contributed by atoms with van der Waals surface area (Å²) in [6.07, 6.45) is 3.07. The number of hydrogen-bond donors (Lipinski definition) is 0. The second kappa shape index (κ2) is 6.84. The van der Waals surface area contributed by atoms with Crippen molar-refractivity contribution < 1.29 is 14.2 Å². The molecule has 0 unspecified atom stereocenters. The maximum absolute atomic E-state index is 5.46. The van der Waals surface area contributed by atoms with Crippen LogP contribution in [0.25, 0.3) is 0 Å². The molecule has 0 N–H and O–H groups in total. The van der Waals surface area contributed by atoms with Crippen molar-refractivity contribution >= 4 is 0 Å². The van der Waals surface area contributed by atoms with Gasteiger partial charge in [-0.15, -0.1) is 0 Å². The van der Waals surface area contributed by atoms with Crippen LogP contribution in [0.5, 0.6) is 5.75 Å². The molecule has 0 radical (unpaired) electrons. The summed E-state index contributed by atoms with van der Waals surface area (Å²) in [6.45, 7) is 2.44. The van der Waals surface area contributed by atoms with Crippen LogP contribution in [0.15, 0.2) is 18.3 Å². The van der Waals surface area contributed by atoms with Gasteiger partial charge in [0.2, 0.25) is 0 Å². The Balaban J connectivity index is 2.02. The number of rotatable bonds is 6. The molecule has 106 valence electrons. The zero-order valence-corrected chi connectivity index (χ0v) is 11.8. The fourth-order valence-corrected chi connectivity index (χ4v) is 2.55. The highest BCUT2D eigenvalue weighted by Gasteiger charge is 2.32. The molecule has 0 bridgehead atoms. The molecule has 1 aliphatic rings. The van der Waals surface area contributed by atoms with Crippen LogP contribution in [-0.4, -0.2) is 56.5 Å². The normalized spacial score (nSPS) is 23.7. The van der Waals surface area contributed by atoms with E-state index in [1.807, 2.05) is 12.1 Å². The highest BCUT2D eigenvalue weighted by molar-refractivity contribution is 5.22. The Bertz CT molecular complexity index is 400. The van der Waals surface area contributed by atoms with E-state index in [9.17, 15) is 0 Å². The Morgan fingerprint density at radius 2 is 2.21 bits per heavy atom. The Morgan fingerprint density at radius 3 is 2.89 bits per heavy atom. The lowest BCUT2D eigenvalue weighted by atomic mass is 10.2. The minimum absolute atomic E-state index is 0.283. The van der Waals surface area contributed by atoms with Crippen molar-refractivity contribution in [1.82, 2.24) is 9.88 Å². The average molecular weight is 266 g/mol. The molecule has 1 saturated heterocycles. The van der Waals surface area contributed by atoms with E-state index in [-0.39, 0.29) is 6.10 Å². The predicted octanol–water partition coefficient (Wildman–Crippen LogP) is 1.33. The Hall–Kier alpha value is -1.17. The lowest BCUT2D eigenvalue weighted by Crippen LogP contribution is -2.32. The number of hydrogen-bond acceptors (Lipinski definition) is 5. The van der Waals surface area contributed by atoms with Crippen molar-refractivity contribution in [3.63, 3.8) is 0 Å². The molecule has 5 heteroatoms. The number of aromatic nitrogens is 1. The zero-order chi connectivity index (χ0) is 13.7. The summed E-state index contributed by atoms with van der Waals surface area (Å²) in [5, 5.41) is 0. The first-order valence-corrected chi connectivity index (χ1v) is 6.51. The van der Waals surface area contributed by atoms with Crippen molar-refractivity contribution in [2.75, 3.05) is 34.5 Å². The van der Waals surface area contributed by atoms with Gasteiger partial charge in [0.1, 0.15) is 5.75 Å². The molecule has 0 amide bonds. The van der Waals surface area contributed by atoms with Gasteiger partial charge in [0, 0.05) is 45.6 Å². The van der Waals surface area contributed by atoms with Crippen LogP contribution in [0.1, 0.15) is 12.1 Å². The van der Waals surface area contributed by atoms with E-state index in [0.717, 1.165) is 37.6 Å². The second-order valence-corrected chi connectivity index (χ2v) is 4.82. The van der Waals surface area contributed by atoms with Crippen LogP contribution in [0.2, 0.25) is 0 Å². The Kier molecular flexibility index (Phi) is 5.13. The van der Waals surface area contributed by atoms with Crippen LogP contribution in [0.4, 0.5) is 0 Å². The third kappa shape index (κ3) is 3.65. The lowest BCUT2D eigenvalue weighted by molar-refractivity contribution is 0.105. The number of pyridine rings is 1. The predicted molar refractivity (Wildman–Crippen MR) is 72.3 cm³/mol. The largest absolute Gasteiger partial charge is 0.497 e. The topological polar surface area (TPSA) is 43.8 Å². The van der Waals surface area contributed by atoms with Gasteiger partial charge in [0.05, 0.1) is 25.5 Å². The van der Waals surface area contributed by atoms with E-state index in [1.54, 1.807) is 27.5 Å². The third-order valence-corrected chi connectivity index (χ3v) is 3.57. The van der Waals surface area contributed by atoms with E-state index < -0.39 is 0 Å². The molecule has 0 aromatic carbocycles. The molecular formula is C14H22N2O3. The maximum atomic E-state index is 5.46. The molecule has 0 spiro atoms. The molecule has 1 aromatic heterocycles. The van der Waals surface area contributed by atoms with Gasteiger partial charge < -0.3 is 14.2 Å². The van der Waals surface area contributed by atoms with Crippen molar-refractivity contribution in [3.05, 3.63) is 24.0 Å². The summed E-state index contributed by atoms with van der Waals surface area (Å²) in [7, 11) is 5.17. The van der Waals surface area contributed by atoms with E-state index >= 15 is 0 Å². The summed E-state index contributed by atoms with van der Waals surface area (Å²) in [6, 6.07) is 4.23. The summed E-state index contributed by atoms with van der Waals surface area (Å²) < 4.78 is 16.0. The molecule has 2 rings (SSSR count). The number of ether oxygens (including phenoxy) is 3. The van der Waals surface area contributed by atoms with Crippen LogP contribution < -0.4 is 4.74 Å². The van der Waals surface area contributed by atoms with E-state index in [0.29, 0.717) is 6.04 Å². The van der Waals surface area contributed by atoms with Gasteiger partial charge in [-0.05, 0) is 12.5 Å². The monoisotopic (exact) mass is 266 g/mol. The van der Waals surface area contributed by atoms with Gasteiger partial charge in [0.25, 0.3) is 0 Å². The molecule has 1 aliphatic heterocycles. The van der Waals surface area contributed by atoms with Gasteiger partial charge in [-0.3, -0.25) is 9.88 Å². The first-order valence-electron chi connectivity index (χ1n) is 6.51. The van der Waals surface area contributed by atoms with Gasteiger partial charge in [-0.1, -0.05) is 0 Å². The van der Waals surface area contributed by atoms with Gasteiger partial charge >= 0.3 is 0 Å². The summed E-state index contributed by atoms with van der Waals surface area (Å²) >= 11 is 0. The van der Waals surface area contributed by atoms with Crippen molar-refractivity contribution in [2.45, 2.75) is 25.1 Å². The SMILES string of the molecule is COC[C@@H]1C[C@H](OC)CN1Cc1cc(OC)ccn1. The van der Waals surface area contributed by atoms with E-state index in [2.05, 4.69) is 9.88 Å². The van der Waals surface area contributed by atoms with Crippen LogP contribution in [0, 0.1) is 0 Å². The minimum atomic E-state index is 0.283. The molecule has 0 saturated carbocycles. The van der Waals surface area contributed by atoms with E-state index in [1.165, 1.54) is 0 Å². The van der Waals surface area contributed by atoms with Gasteiger partial charge in [0.15, 0.2) is 0 Å². The quantitative estimate of drug-likeness (QED) is 0.777. The molecular weight excluding hydrogens is 244 g/mol. The zero-order valence-electron chi connectivity index (χ0n) is 11.8. The molecule has 0 aliphatic carbocycles. The highest BCUT2D eigenvalue weighted by Crippen LogP contribution is 2.23. The van der Waals surface area contributed by atoms with Crippen LogP contribution >= 0.6 is 0 Å². The summed E-state index contributed by atoms with van der Waals surface area (Å²) in [4.78, 5) is 6.75. The Morgan fingerprint density at radius 1 is 1.37 bits per heavy atom. The maximum Gasteiger partial charge on any atom is 0.122 e. The fraction of sp³-hybridized carbons (Fsp3) is 0.643. The lowest BCUT2D eigenvalue weighted by Gasteiger charge is -2.23. The number of methoxy groups -OCH3 is 3. The van der Waals surface area contributed by atoms with Crippen molar-refractivity contribution in [1.29, 1.82) is 0 Å². The first kappa shape index (κ1) is 14.2. The molecule has 1 aromatic rings. The van der Waals surface area contributed by atoms with E-state index in [4.69, 9.17) is 14.2 Å². The van der Waals surface area contributed by atoms with Crippen molar-refractivity contribution in [2.24, 2.45) is 0 Å². The molecule has 1 fully saturated rings.